The maximum atomic E-state index is 12.1. The molecule has 2 heterocycles. The first-order valence-corrected chi connectivity index (χ1v) is 5.94. The number of hydrogen-bond acceptors (Lipinski definition) is 4. The SMILES string of the molecule is CC(C)c1ncc(Cl)c(C(=O)N2CCCO2)n1. The van der Waals surface area contributed by atoms with Crippen LogP contribution < -0.4 is 0 Å². The van der Waals surface area contributed by atoms with Crippen molar-refractivity contribution in [3.63, 3.8) is 0 Å². The molecule has 1 amide bonds. The number of aromatic nitrogens is 2. The molecule has 0 atom stereocenters. The maximum absolute atomic E-state index is 12.1. The summed E-state index contributed by atoms with van der Waals surface area (Å²) in [6.45, 7) is 5.06. The van der Waals surface area contributed by atoms with Crippen LogP contribution in [0.3, 0.4) is 0 Å². The fourth-order valence-corrected chi connectivity index (χ4v) is 1.71. The van der Waals surface area contributed by atoms with Crippen molar-refractivity contribution < 1.29 is 9.63 Å². The van der Waals surface area contributed by atoms with E-state index in [-0.39, 0.29) is 22.5 Å². The van der Waals surface area contributed by atoms with E-state index in [1.165, 1.54) is 11.3 Å². The molecule has 0 saturated carbocycles. The molecule has 92 valence electrons. The van der Waals surface area contributed by atoms with Crippen molar-refractivity contribution in [1.29, 1.82) is 0 Å². The van der Waals surface area contributed by atoms with Crippen molar-refractivity contribution in [3.8, 4) is 0 Å². The van der Waals surface area contributed by atoms with Crippen LogP contribution in [-0.4, -0.2) is 34.1 Å². The fourth-order valence-electron chi connectivity index (χ4n) is 1.53. The molecule has 1 aliphatic heterocycles. The Bertz CT molecular complexity index is 431. The van der Waals surface area contributed by atoms with Gasteiger partial charge in [0.15, 0.2) is 5.69 Å². The first kappa shape index (κ1) is 12.3. The molecule has 2 rings (SSSR count). The Morgan fingerprint density at radius 2 is 2.35 bits per heavy atom. The second-order valence-corrected chi connectivity index (χ2v) is 4.58. The predicted octanol–water partition coefficient (Wildman–Crippen LogP) is 2.03. The van der Waals surface area contributed by atoms with Gasteiger partial charge in [-0.15, -0.1) is 0 Å². The lowest BCUT2D eigenvalue weighted by Gasteiger charge is -2.14. The highest BCUT2D eigenvalue weighted by Crippen LogP contribution is 2.19. The lowest BCUT2D eigenvalue weighted by molar-refractivity contribution is -0.0772. The third-order valence-corrected chi connectivity index (χ3v) is 2.74. The van der Waals surface area contributed by atoms with Gasteiger partial charge in [-0.1, -0.05) is 25.4 Å². The molecule has 6 heteroatoms. The maximum Gasteiger partial charge on any atom is 0.297 e. The summed E-state index contributed by atoms with van der Waals surface area (Å²) in [6.07, 6.45) is 2.30. The molecular weight excluding hydrogens is 242 g/mol. The van der Waals surface area contributed by atoms with Crippen LogP contribution in [0.1, 0.15) is 42.5 Å². The Labute approximate surface area is 105 Å². The zero-order valence-corrected chi connectivity index (χ0v) is 10.6. The number of hydrogen-bond donors (Lipinski definition) is 0. The molecule has 0 bridgehead atoms. The van der Waals surface area contributed by atoms with Gasteiger partial charge in [-0.05, 0) is 6.42 Å². The summed E-state index contributed by atoms with van der Waals surface area (Å²) in [7, 11) is 0. The van der Waals surface area contributed by atoms with Crippen molar-refractivity contribution in [1.82, 2.24) is 15.0 Å². The second-order valence-electron chi connectivity index (χ2n) is 4.17. The quantitative estimate of drug-likeness (QED) is 0.811. The van der Waals surface area contributed by atoms with Gasteiger partial charge >= 0.3 is 0 Å². The first-order chi connectivity index (χ1) is 8.09. The number of carbonyl (C=O) groups excluding carboxylic acids is 1. The van der Waals surface area contributed by atoms with Crippen molar-refractivity contribution in [2.45, 2.75) is 26.2 Å². The molecule has 0 aliphatic carbocycles. The Balaban J connectivity index is 2.29. The van der Waals surface area contributed by atoms with Crippen LogP contribution >= 0.6 is 11.6 Å². The number of amides is 1. The lowest BCUT2D eigenvalue weighted by atomic mass is 10.2. The number of hydroxylamine groups is 2. The molecule has 1 aromatic heterocycles. The predicted molar refractivity (Wildman–Crippen MR) is 62.7 cm³/mol. The zero-order valence-electron chi connectivity index (χ0n) is 9.81. The van der Waals surface area contributed by atoms with Gasteiger partial charge in [0.2, 0.25) is 0 Å². The minimum absolute atomic E-state index is 0.151. The number of carbonyl (C=O) groups is 1. The van der Waals surface area contributed by atoms with E-state index in [2.05, 4.69) is 9.97 Å². The van der Waals surface area contributed by atoms with E-state index in [1.54, 1.807) is 0 Å². The van der Waals surface area contributed by atoms with E-state index in [0.29, 0.717) is 19.0 Å². The standard InChI is InChI=1S/C11H14ClN3O2/c1-7(2)10-13-6-8(12)9(14-10)11(16)15-4-3-5-17-15/h6-7H,3-5H2,1-2H3. The molecule has 1 saturated heterocycles. The summed E-state index contributed by atoms with van der Waals surface area (Å²) in [4.78, 5) is 25.6. The molecule has 1 fully saturated rings. The number of nitrogens with zero attached hydrogens (tertiary/aromatic N) is 3. The molecule has 1 aromatic rings. The molecule has 0 unspecified atom stereocenters. The van der Waals surface area contributed by atoms with Crippen molar-refractivity contribution in [2.75, 3.05) is 13.2 Å². The Morgan fingerprint density at radius 3 is 2.94 bits per heavy atom. The Hall–Kier alpha value is -1.20. The van der Waals surface area contributed by atoms with Gasteiger partial charge in [-0.3, -0.25) is 9.63 Å². The molecule has 0 spiro atoms. The van der Waals surface area contributed by atoms with Gasteiger partial charge in [0.1, 0.15) is 5.82 Å². The van der Waals surface area contributed by atoms with E-state index < -0.39 is 0 Å². The summed E-state index contributed by atoms with van der Waals surface area (Å²) in [5, 5.41) is 1.56. The minimum atomic E-state index is -0.295. The normalized spacial score (nSPS) is 15.6. The van der Waals surface area contributed by atoms with Crippen LogP contribution in [0.2, 0.25) is 5.02 Å². The highest BCUT2D eigenvalue weighted by Gasteiger charge is 2.25. The van der Waals surface area contributed by atoms with E-state index in [9.17, 15) is 4.79 Å². The monoisotopic (exact) mass is 255 g/mol. The van der Waals surface area contributed by atoms with Gasteiger partial charge < -0.3 is 0 Å². The van der Waals surface area contributed by atoms with Crippen molar-refractivity contribution in [2.24, 2.45) is 0 Å². The fraction of sp³-hybridized carbons (Fsp3) is 0.545. The lowest BCUT2D eigenvalue weighted by Crippen LogP contribution is -2.28. The molecule has 0 aromatic carbocycles. The van der Waals surface area contributed by atoms with Gasteiger partial charge in [0.05, 0.1) is 24.4 Å². The summed E-state index contributed by atoms with van der Waals surface area (Å²) < 4.78 is 0. The molecule has 0 radical (unpaired) electrons. The average molecular weight is 256 g/mol. The minimum Gasteiger partial charge on any atom is -0.271 e. The van der Waals surface area contributed by atoms with Crippen molar-refractivity contribution in [3.05, 3.63) is 22.7 Å². The summed E-state index contributed by atoms with van der Waals surface area (Å²) in [5.74, 6) is 0.465. The second kappa shape index (κ2) is 4.98. The van der Waals surface area contributed by atoms with Crippen LogP contribution in [0.5, 0.6) is 0 Å². The highest BCUT2D eigenvalue weighted by atomic mass is 35.5. The third kappa shape index (κ3) is 2.56. The van der Waals surface area contributed by atoms with E-state index in [4.69, 9.17) is 16.4 Å². The van der Waals surface area contributed by atoms with E-state index >= 15 is 0 Å². The third-order valence-electron chi connectivity index (χ3n) is 2.46. The van der Waals surface area contributed by atoms with Gasteiger partial charge in [0, 0.05) is 5.92 Å². The van der Waals surface area contributed by atoms with Crippen LogP contribution in [0.25, 0.3) is 0 Å². The average Bonchev–Trinajstić information content (AvgIpc) is 2.81. The van der Waals surface area contributed by atoms with Crippen LogP contribution in [-0.2, 0) is 4.84 Å². The molecular formula is C11H14ClN3O2. The zero-order chi connectivity index (χ0) is 12.4. The topological polar surface area (TPSA) is 55.3 Å². The number of rotatable bonds is 2. The summed E-state index contributed by atoms with van der Waals surface area (Å²) in [6, 6.07) is 0. The summed E-state index contributed by atoms with van der Waals surface area (Å²) >= 11 is 5.95. The largest absolute Gasteiger partial charge is 0.297 e. The summed E-state index contributed by atoms with van der Waals surface area (Å²) in [5.41, 5.74) is 0.215. The molecule has 5 nitrogen and oxygen atoms in total. The Morgan fingerprint density at radius 1 is 1.59 bits per heavy atom. The van der Waals surface area contributed by atoms with E-state index in [0.717, 1.165) is 6.42 Å². The highest BCUT2D eigenvalue weighted by molar-refractivity contribution is 6.33. The molecule has 0 N–H and O–H groups in total. The van der Waals surface area contributed by atoms with Crippen molar-refractivity contribution >= 4 is 17.5 Å². The Kier molecular flexibility index (Phi) is 3.59. The van der Waals surface area contributed by atoms with Gasteiger partial charge in [-0.2, -0.15) is 0 Å². The first-order valence-electron chi connectivity index (χ1n) is 5.57. The van der Waals surface area contributed by atoms with Crippen LogP contribution in [0.4, 0.5) is 0 Å². The van der Waals surface area contributed by atoms with Gasteiger partial charge in [0.25, 0.3) is 5.91 Å². The molecule has 17 heavy (non-hydrogen) atoms. The molecule has 1 aliphatic rings. The smallest absolute Gasteiger partial charge is 0.271 e. The van der Waals surface area contributed by atoms with Gasteiger partial charge in [-0.25, -0.2) is 15.0 Å². The van der Waals surface area contributed by atoms with E-state index in [1.807, 2.05) is 13.8 Å². The van der Waals surface area contributed by atoms with Crippen LogP contribution in [0.15, 0.2) is 6.20 Å². The van der Waals surface area contributed by atoms with Crippen LogP contribution in [0, 0.1) is 0 Å². The number of halogens is 1.